The molecule has 1 N–H and O–H groups in total. The maximum atomic E-state index is 13.9. The normalized spacial score (nSPS) is 13.7. The molecule has 168 valence electrons. The molecule has 4 aromatic rings. The molecule has 34 heavy (non-hydrogen) atoms. The summed E-state index contributed by atoms with van der Waals surface area (Å²) in [5, 5.41) is 5.56. The van der Waals surface area contributed by atoms with E-state index in [-0.39, 0.29) is 11.3 Å². The molecule has 0 unspecified atom stereocenters. The van der Waals surface area contributed by atoms with Gasteiger partial charge in [-0.2, -0.15) is 0 Å². The quantitative estimate of drug-likeness (QED) is 0.354. The minimum Gasteiger partial charge on any atom is -0.496 e. The highest BCUT2D eigenvalue weighted by Gasteiger charge is 2.41. The lowest BCUT2D eigenvalue weighted by Crippen LogP contribution is -2.32. The molecule has 1 heterocycles. The van der Waals surface area contributed by atoms with Crippen LogP contribution in [0.5, 0.6) is 5.75 Å². The molecule has 0 bridgehead atoms. The number of rotatable bonds is 5. The van der Waals surface area contributed by atoms with E-state index >= 15 is 0 Å². The average Bonchev–Trinajstić information content (AvgIpc) is 3.09. The highest BCUT2D eigenvalue weighted by atomic mass is 35.5. The number of anilines is 2. The van der Waals surface area contributed by atoms with Gasteiger partial charge >= 0.3 is 0 Å². The maximum absolute atomic E-state index is 13.9. The van der Waals surface area contributed by atoms with Crippen molar-refractivity contribution in [1.29, 1.82) is 0 Å². The van der Waals surface area contributed by atoms with Gasteiger partial charge in [0.25, 0.3) is 11.8 Å². The van der Waals surface area contributed by atoms with E-state index in [0.29, 0.717) is 27.7 Å². The number of amides is 2. The third-order valence-electron chi connectivity index (χ3n) is 5.92. The van der Waals surface area contributed by atoms with E-state index in [1.54, 1.807) is 43.5 Å². The molecular weight excluding hydrogens is 448 g/mol. The first-order valence-electron chi connectivity index (χ1n) is 10.8. The predicted octanol–water partition coefficient (Wildman–Crippen LogP) is 6.21. The van der Waals surface area contributed by atoms with Crippen LogP contribution in [0.25, 0.3) is 16.3 Å². The zero-order valence-corrected chi connectivity index (χ0v) is 19.4. The number of carbonyl (C=O) groups is 2. The minimum atomic E-state index is -0.434. The fourth-order valence-corrected chi connectivity index (χ4v) is 4.50. The molecule has 0 saturated carbocycles. The molecule has 4 aromatic carbocycles. The molecule has 6 heteroatoms. The Bertz CT molecular complexity index is 1490. The molecule has 0 spiro atoms. The van der Waals surface area contributed by atoms with E-state index in [9.17, 15) is 9.59 Å². The highest BCUT2D eigenvalue weighted by molar-refractivity contribution is 6.47. The molecule has 5 nitrogen and oxygen atoms in total. The number of imide groups is 1. The maximum Gasteiger partial charge on any atom is 0.282 e. The summed E-state index contributed by atoms with van der Waals surface area (Å²) in [6, 6.07) is 25.8. The molecule has 0 atom stereocenters. The van der Waals surface area contributed by atoms with E-state index in [0.717, 1.165) is 16.3 Å². The van der Waals surface area contributed by atoms with Gasteiger partial charge in [0, 0.05) is 21.7 Å². The zero-order chi connectivity index (χ0) is 23.8. The van der Waals surface area contributed by atoms with E-state index in [4.69, 9.17) is 16.3 Å². The number of nitrogens with zero attached hydrogens (tertiary/aromatic N) is 1. The van der Waals surface area contributed by atoms with Gasteiger partial charge in [0.2, 0.25) is 0 Å². The number of hydrogen-bond donors (Lipinski definition) is 1. The number of ether oxygens (including phenoxy) is 1. The van der Waals surface area contributed by atoms with Crippen molar-refractivity contribution in [2.24, 2.45) is 0 Å². The summed E-state index contributed by atoms with van der Waals surface area (Å²) in [6.07, 6.45) is 0. The van der Waals surface area contributed by atoms with Crippen LogP contribution < -0.4 is 15.0 Å². The Morgan fingerprint density at radius 1 is 0.853 bits per heavy atom. The van der Waals surface area contributed by atoms with Gasteiger partial charge in [-0.1, -0.05) is 66.2 Å². The summed E-state index contributed by atoms with van der Waals surface area (Å²) in [5.74, 6) is -0.345. The molecule has 0 fully saturated rings. The van der Waals surface area contributed by atoms with Crippen LogP contribution in [0.2, 0.25) is 5.02 Å². The molecule has 0 aromatic heterocycles. The van der Waals surface area contributed by atoms with E-state index in [1.807, 2.05) is 55.5 Å². The van der Waals surface area contributed by atoms with Crippen LogP contribution in [0.15, 0.2) is 90.6 Å². The Balaban J connectivity index is 1.70. The SMILES string of the molecule is COc1ccccc1C1=C(Nc2ccc(Cl)cc2C)C(=O)N(c2cccc3ccccc23)C1=O. The van der Waals surface area contributed by atoms with Gasteiger partial charge in [-0.25, -0.2) is 4.90 Å². The van der Waals surface area contributed by atoms with Gasteiger partial charge < -0.3 is 10.1 Å². The Kier molecular flexibility index (Phi) is 5.56. The summed E-state index contributed by atoms with van der Waals surface area (Å²) in [5.41, 5.74) is 3.05. The Morgan fingerprint density at radius 2 is 1.59 bits per heavy atom. The lowest BCUT2D eigenvalue weighted by atomic mass is 10.0. The summed E-state index contributed by atoms with van der Waals surface area (Å²) < 4.78 is 5.53. The number of halogens is 1. The number of fused-ring (bicyclic) bond motifs is 1. The smallest absolute Gasteiger partial charge is 0.282 e. The monoisotopic (exact) mass is 468 g/mol. The van der Waals surface area contributed by atoms with Crippen molar-refractivity contribution in [3.05, 3.63) is 107 Å². The third kappa shape index (κ3) is 3.60. The molecule has 0 aliphatic carbocycles. The van der Waals surface area contributed by atoms with Crippen LogP contribution in [-0.4, -0.2) is 18.9 Å². The number of hydrogen-bond acceptors (Lipinski definition) is 4. The first-order chi connectivity index (χ1) is 16.5. The van der Waals surface area contributed by atoms with Crippen molar-refractivity contribution in [3.63, 3.8) is 0 Å². The summed E-state index contributed by atoms with van der Waals surface area (Å²) in [7, 11) is 1.54. The van der Waals surface area contributed by atoms with Crippen LogP contribution in [0, 0.1) is 6.92 Å². The fourth-order valence-electron chi connectivity index (χ4n) is 4.27. The average molecular weight is 469 g/mol. The number of aryl methyl sites for hydroxylation is 1. The minimum absolute atomic E-state index is 0.188. The fraction of sp³-hybridized carbons (Fsp3) is 0.0714. The van der Waals surface area contributed by atoms with Gasteiger partial charge in [-0.05, 0) is 48.2 Å². The van der Waals surface area contributed by atoms with Crippen molar-refractivity contribution in [2.45, 2.75) is 6.92 Å². The highest BCUT2D eigenvalue weighted by Crippen LogP contribution is 2.39. The molecule has 0 radical (unpaired) electrons. The number of carbonyl (C=O) groups excluding carboxylic acids is 2. The molecule has 2 amide bonds. The van der Waals surface area contributed by atoms with Crippen LogP contribution in [0.3, 0.4) is 0 Å². The Hall–Kier alpha value is -4.09. The van der Waals surface area contributed by atoms with Crippen molar-refractivity contribution in [1.82, 2.24) is 0 Å². The van der Waals surface area contributed by atoms with Crippen LogP contribution in [0.1, 0.15) is 11.1 Å². The largest absolute Gasteiger partial charge is 0.496 e. The number of para-hydroxylation sites is 1. The standard InChI is InChI=1S/C28H21ClN2O3/c1-17-16-19(29)14-15-22(17)30-26-25(21-11-5-6-13-24(21)34-2)27(32)31(28(26)33)23-12-7-9-18-8-3-4-10-20(18)23/h3-16,30H,1-2H3. The van der Waals surface area contributed by atoms with Gasteiger partial charge in [0.15, 0.2) is 0 Å². The molecule has 0 saturated heterocycles. The van der Waals surface area contributed by atoms with Gasteiger partial charge in [0.05, 0.1) is 18.4 Å². The van der Waals surface area contributed by atoms with Crippen LogP contribution in [-0.2, 0) is 9.59 Å². The number of benzene rings is 4. The summed E-state index contributed by atoms with van der Waals surface area (Å²) in [4.78, 5) is 29.0. The van der Waals surface area contributed by atoms with Gasteiger partial charge in [-0.3, -0.25) is 9.59 Å². The number of nitrogens with one attached hydrogen (secondary N) is 1. The van der Waals surface area contributed by atoms with Crippen LogP contribution in [0.4, 0.5) is 11.4 Å². The Labute approximate surface area is 202 Å². The predicted molar refractivity (Wildman–Crippen MR) is 136 cm³/mol. The summed E-state index contributed by atoms with van der Waals surface area (Å²) >= 11 is 6.12. The molecule has 5 rings (SSSR count). The second kappa shape index (κ2) is 8.69. The first kappa shape index (κ1) is 21.7. The van der Waals surface area contributed by atoms with E-state index < -0.39 is 11.8 Å². The molecule has 1 aliphatic heterocycles. The van der Waals surface area contributed by atoms with E-state index in [2.05, 4.69) is 5.32 Å². The molecular formula is C28H21ClN2O3. The first-order valence-corrected chi connectivity index (χ1v) is 11.1. The van der Waals surface area contributed by atoms with Crippen molar-refractivity contribution in [2.75, 3.05) is 17.3 Å². The summed E-state index contributed by atoms with van der Waals surface area (Å²) in [6.45, 7) is 1.89. The van der Waals surface area contributed by atoms with Crippen molar-refractivity contribution < 1.29 is 14.3 Å². The van der Waals surface area contributed by atoms with E-state index in [1.165, 1.54) is 4.90 Å². The lowest BCUT2D eigenvalue weighted by molar-refractivity contribution is -0.120. The van der Waals surface area contributed by atoms with Crippen LogP contribution >= 0.6 is 11.6 Å². The van der Waals surface area contributed by atoms with Gasteiger partial charge in [-0.15, -0.1) is 0 Å². The third-order valence-corrected chi connectivity index (χ3v) is 6.15. The lowest BCUT2D eigenvalue weighted by Gasteiger charge is -2.18. The second-order valence-corrected chi connectivity index (χ2v) is 8.41. The molecule has 1 aliphatic rings. The van der Waals surface area contributed by atoms with Crippen molar-refractivity contribution in [3.8, 4) is 5.75 Å². The van der Waals surface area contributed by atoms with Crippen molar-refractivity contribution >= 4 is 51.1 Å². The second-order valence-electron chi connectivity index (χ2n) is 7.98. The topological polar surface area (TPSA) is 58.6 Å². The number of methoxy groups -OCH3 is 1. The Morgan fingerprint density at radius 3 is 2.38 bits per heavy atom. The van der Waals surface area contributed by atoms with Gasteiger partial charge in [0.1, 0.15) is 11.4 Å². The zero-order valence-electron chi connectivity index (χ0n) is 18.6.